The minimum absolute atomic E-state index is 0.0780. The van der Waals surface area contributed by atoms with Crippen molar-refractivity contribution in [2.24, 2.45) is 23.7 Å². The summed E-state index contributed by atoms with van der Waals surface area (Å²) in [7, 11) is -0.957. The van der Waals surface area contributed by atoms with E-state index in [4.69, 9.17) is 4.65 Å². The number of aromatic hydroxyl groups is 1. The molecule has 3 heterocycles. The Bertz CT molecular complexity index is 1220. The summed E-state index contributed by atoms with van der Waals surface area (Å²) < 4.78 is 6.10. The number of imide groups is 1. The maximum atomic E-state index is 13.7. The fourth-order valence-corrected chi connectivity index (χ4v) is 7.01. The molecule has 0 saturated carbocycles. The third-order valence-corrected chi connectivity index (χ3v) is 8.89. The van der Waals surface area contributed by atoms with Crippen molar-refractivity contribution in [3.05, 3.63) is 68.9 Å². The Kier molecular flexibility index (Phi) is 7.43. The summed E-state index contributed by atoms with van der Waals surface area (Å²) >= 11 is 1.55. The number of nitrogens with zero attached hydrogens (tertiary/aromatic N) is 1. The number of allylic oxidation sites excluding steroid dienone is 2. The molecule has 2 aromatic rings. The van der Waals surface area contributed by atoms with Crippen molar-refractivity contribution in [1.29, 1.82) is 0 Å². The van der Waals surface area contributed by atoms with Gasteiger partial charge in [0.05, 0.1) is 24.5 Å². The van der Waals surface area contributed by atoms with Gasteiger partial charge in [0.1, 0.15) is 5.75 Å². The fourth-order valence-electron chi connectivity index (χ4n) is 6.32. The first-order valence-electron chi connectivity index (χ1n) is 13.1. The zero-order valence-corrected chi connectivity index (χ0v) is 22.4. The number of benzene rings is 1. The number of rotatable bonds is 7. The number of amides is 2. The Hall–Kier alpha value is -2.68. The van der Waals surface area contributed by atoms with Gasteiger partial charge in [-0.2, -0.15) is 0 Å². The van der Waals surface area contributed by atoms with E-state index in [1.54, 1.807) is 23.5 Å². The molecule has 0 radical (unpaired) electrons. The Morgan fingerprint density at radius 2 is 1.95 bits per heavy atom. The first-order chi connectivity index (χ1) is 17.7. The highest BCUT2D eigenvalue weighted by atomic mass is 32.1. The van der Waals surface area contributed by atoms with Gasteiger partial charge in [0.2, 0.25) is 11.8 Å². The molecule has 8 heteroatoms. The second-order valence-electron chi connectivity index (χ2n) is 10.9. The van der Waals surface area contributed by atoms with Gasteiger partial charge in [-0.3, -0.25) is 14.5 Å². The predicted molar refractivity (Wildman–Crippen MR) is 145 cm³/mol. The normalized spacial score (nSPS) is 26.2. The Morgan fingerprint density at radius 3 is 2.62 bits per heavy atom. The highest BCUT2D eigenvalue weighted by Crippen LogP contribution is 2.52. The van der Waals surface area contributed by atoms with Crippen molar-refractivity contribution in [2.75, 3.05) is 0 Å². The van der Waals surface area contributed by atoms with Crippen molar-refractivity contribution in [3.63, 3.8) is 0 Å². The van der Waals surface area contributed by atoms with Crippen LogP contribution in [0.3, 0.4) is 0 Å². The number of thiophene rings is 1. The minimum Gasteiger partial charge on any atom is -0.508 e. The molecule has 2 saturated heterocycles. The molecule has 2 aliphatic heterocycles. The van der Waals surface area contributed by atoms with E-state index in [1.165, 1.54) is 16.0 Å². The van der Waals surface area contributed by atoms with Gasteiger partial charge in [0.25, 0.3) is 0 Å². The van der Waals surface area contributed by atoms with E-state index in [0.717, 1.165) is 22.4 Å². The fraction of sp³-hybridized carbons (Fsp3) is 0.448. The molecule has 0 spiro atoms. The van der Waals surface area contributed by atoms with E-state index in [9.17, 15) is 19.7 Å². The molecule has 37 heavy (non-hydrogen) atoms. The van der Waals surface area contributed by atoms with Gasteiger partial charge in [-0.1, -0.05) is 49.3 Å². The topological polar surface area (TPSA) is 87.1 Å². The maximum Gasteiger partial charge on any atom is 0.455 e. The standard InChI is InChI=1S/C29H34BNO5S/c1-17(2)22-14-23-27(29(34)31(28(23)33)16-21-5-4-12-37-21)24-15-30(35)36-25(26(22)24)11-6-18(3)13-19-7-9-20(32)10-8-19/h4-5,7-10,12-13,17,23-25,27,32,35H,6,11,14-16H2,1-3H3/b18-13+/t23-,24+,25-,27-/m1/s1. The summed E-state index contributed by atoms with van der Waals surface area (Å²) in [6.45, 7) is 6.68. The van der Waals surface area contributed by atoms with Crippen LogP contribution in [0.25, 0.3) is 6.08 Å². The van der Waals surface area contributed by atoms with Crippen molar-refractivity contribution in [3.8, 4) is 5.75 Å². The molecule has 2 fully saturated rings. The van der Waals surface area contributed by atoms with Crippen LogP contribution in [0.15, 0.2) is 58.5 Å². The van der Waals surface area contributed by atoms with Gasteiger partial charge in [-0.05, 0) is 79.1 Å². The van der Waals surface area contributed by atoms with Crippen LogP contribution in [0, 0.1) is 23.7 Å². The van der Waals surface area contributed by atoms with Gasteiger partial charge in [-0.15, -0.1) is 11.3 Å². The molecular weight excluding hydrogens is 485 g/mol. The lowest BCUT2D eigenvalue weighted by Crippen LogP contribution is -2.46. The monoisotopic (exact) mass is 519 g/mol. The first kappa shape index (κ1) is 26.0. The molecule has 2 N–H and O–H groups in total. The number of fused-ring (bicyclic) bond motifs is 3. The third kappa shape index (κ3) is 5.20. The molecule has 2 amide bonds. The molecule has 194 valence electrons. The van der Waals surface area contributed by atoms with E-state index < -0.39 is 13.0 Å². The van der Waals surface area contributed by atoms with Crippen molar-refractivity contribution < 1.29 is 24.4 Å². The number of phenolic OH excluding ortho intramolecular Hbond substituents is 1. The van der Waals surface area contributed by atoms with E-state index >= 15 is 0 Å². The predicted octanol–water partition coefficient (Wildman–Crippen LogP) is 5.29. The first-order valence-corrected chi connectivity index (χ1v) is 14.0. The van der Waals surface area contributed by atoms with Crippen molar-refractivity contribution in [1.82, 2.24) is 4.90 Å². The van der Waals surface area contributed by atoms with Gasteiger partial charge < -0.3 is 14.8 Å². The summed E-state index contributed by atoms with van der Waals surface area (Å²) in [5.41, 5.74) is 4.53. The average Bonchev–Trinajstić information content (AvgIpc) is 3.46. The van der Waals surface area contributed by atoms with Crippen LogP contribution in [-0.4, -0.2) is 40.1 Å². The largest absolute Gasteiger partial charge is 0.508 e. The van der Waals surface area contributed by atoms with Gasteiger partial charge in [0.15, 0.2) is 0 Å². The Morgan fingerprint density at radius 1 is 1.19 bits per heavy atom. The van der Waals surface area contributed by atoms with E-state index in [2.05, 4.69) is 26.8 Å². The number of carbonyl (C=O) groups excluding carboxylic acids is 2. The smallest absolute Gasteiger partial charge is 0.455 e. The van der Waals surface area contributed by atoms with Gasteiger partial charge in [0, 0.05) is 4.88 Å². The molecule has 4 atom stereocenters. The maximum absolute atomic E-state index is 13.7. The number of hydrogen-bond donors (Lipinski definition) is 2. The summed E-state index contributed by atoms with van der Waals surface area (Å²) in [5.74, 6) is -0.696. The molecule has 5 rings (SSSR count). The SMILES string of the molecule is C/C(=C\c1ccc(O)cc1)CC[C@H]1OB(O)C[C@H]2C1=C(C(C)C)C[C@H]1C(=O)N(Cc3cccs3)C(=O)[C@H]12. The van der Waals surface area contributed by atoms with Crippen molar-refractivity contribution in [2.45, 2.75) is 59.0 Å². The molecule has 0 bridgehead atoms. The van der Waals surface area contributed by atoms with Crippen LogP contribution in [0.4, 0.5) is 0 Å². The van der Waals surface area contributed by atoms with E-state index in [0.29, 0.717) is 25.7 Å². The Labute approximate surface area is 222 Å². The minimum atomic E-state index is -0.957. The second-order valence-corrected chi connectivity index (χ2v) is 11.9. The molecule has 0 unspecified atom stereocenters. The molecule has 3 aliphatic rings. The zero-order chi connectivity index (χ0) is 26.3. The third-order valence-electron chi connectivity index (χ3n) is 8.03. The lowest BCUT2D eigenvalue weighted by Gasteiger charge is -2.44. The van der Waals surface area contributed by atoms with E-state index in [-0.39, 0.29) is 41.4 Å². The van der Waals surface area contributed by atoms with Crippen LogP contribution >= 0.6 is 11.3 Å². The number of likely N-dealkylation sites (tertiary alicyclic amines) is 1. The number of phenols is 1. The summed E-state index contributed by atoms with van der Waals surface area (Å²) in [6.07, 6.45) is 4.19. The van der Waals surface area contributed by atoms with E-state index in [1.807, 2.05) is 29.6 Å². The number of hydrogen-bond acceptors (Lipinski definition) is 6. The number of carbonyl (C=O) groups is 2. The van der Waals surface area contributed by atoms with Crippen LogP contribution in [0.5, 0.6) is 5.75 Å². The van der Waals surface area contributed by atoms with Crippen LogP contribution in [0.1, 0.15) is 50.5 Å². The quantitative estimate of drug-likeness (QED) is 0.295. The van der Waals surface area contributed by atoms with Gasteiger partial charge >= 0.3 is 7.12 Å². The molecule has 1 aromatic carbocycles. The summed E-state index contributed by atoms with van der Waals surface area (Å²) in [6, 6.07) is 11.0. The summed E-state index contributed by atoms with van der Waals surface area (Å²) in [4.78, 5) is 29.6. The Balaban J connectivity index is 1.40. The molecule has 1 aromatic heterocycles. The molecular formula is C29H34BNO5S. The summed E-state index contributed by atoms with van der Waals surface area (Å²) in [5, 5.41) is 22.2. The molecule has 6 nitrogen and oxygen atoms in total. The van der Waals surface area contributed by atoms with Crippen LogP contribution < -0.4 is 0 Å². The highest BCUT2D eigenvalue weighted by Gasteiger charge is 2.57. The second kappa shape index (κ2) is 10.6. The molecule has 1 aliphatic carbocycles. The lowest BCUT2D eigenvalue weighted by molar-refractivity contribution is -0.140. The van der Waals surface area contributed by atoms with Crippen molar-refractivity contribution >= 4 is 36.3 Å². The van der Waals surface area contributed by atoms with Crippen LogP contribution in [0.2, 0.25) is 6.32 Å². The van der Waals surface area contributed by atoms with Crippen LogP contribution in [-0.2, 0) is 20.8 Å². The van der Waals surface area contributed by atoms with Gasteiger partial charge in [-0.25, -0.2) is 0 Å². The zero-order valence-electron chi connectivity index (χ0n) is 21.6. The lowest BCUT2D eigenvalue weighted by atomic mass is 9.57. The average molecular weight is 519 g/mol. The highest BCUT2D eigenvalue weighted by molar-refractivity contribution is 7.09.